The summed E-state index contributed by atoms with van der Waals surface area (Å²) in [7, 11) is 0. The third-order valence-electron chi connectivity index (χ3n) is 10.8. The van der Waals surface area contributed by atoms with Crippen molar-refractivity contribution >= 4 is 23.1 Å². The maximum Gasteiger partial charge on any atom is 0.184 e. The fraction of sp³-hybridized carbons (Fsp3) is 0.512. The number of aliphatic hydroxyl groups excluding tert-OH is 1. The molecule has 3 atom stereocenters. The summed E-state index contributed by atoms with van der Waals surface area (Å²) in [4.78, 5) is 45.1. The van der Waals surface area contributed by atoms with Gasteiger partial charge in [0.05, 0.1) is 5.41 Å². The van der Waals surface area contributed by atoms with Crippen molar-refractivity contribution < 1.29 is 29.7 Å². The van der Waals surface area contributed by atoms with Crippen molar-refractivity contribution in [2.45, 2.75) is 121 Å². The molecule has 2 aliphatic rings. The Kier molecular flexibility index (Phi) is 12.7. The minimum atomic E-state index is -1.61. The zero-order valence-electron chi connectivity index (χ0n) is 31.4. The van der Waals surface area contributed by atoms with Crippen molar-refractivity contribution in [3.05, 3.63) is 87.6 Å². The number of hydrogen-bond donors (Lipinski definition) is 3. The first kappa shape index (κ1) is 39.5. The average Bonchev–Trinajstić information content (AvgIpc) is 3.00. The van der Waals surface area contributed by atoms with E-state index in [2.05, 4.69) is 52.8 Å². The van der Waals surface area contributed by atoms with Gasteiger partial charge in [-0.1, -0.05) is 72.1 Å². The topological polar surface area (TPSA) is 112 Å². The van der Waals surface area contributed by atoms with Crippen molar-refractivity contribution in [2.24, 2.45) is 22.2 Å². The molecule has 2 saturated carbocycles. The fourth-order valence-electron chi connectivity index (χ4n) is 7.52. The van der Waals surface area contributed by atoms with Gasteiger partial charge in [-0.05, 0) is 136 Å². The number of benzene rings is 1. The smallest absolute Gasteiger partial charge is 0.184 e. The van der Waals surface area contributed by atoms with Gasteiger partial charge in [-0.25, -0.2) is 0 Å². The molecule has 6 heteroatoms. The number of rotatable bonds is 13. The van der Waals surface area contributed by atoms with Gasteiger partial charge in [-0.15, -0.1) is 0 Å². The number of hydrogen-bond acceptors (Lipinski definition) is 6. The Balaban J connectivity index is 2.32. The second kappa shape index (κ2) is 15.7. The Morgan fingerprint density at radius 3 is 1.82 bits per heavy atom. The summed E-state index contributed by atoms with van der Waals surface area (Å²) in [5.41, 5.74) is 1.27. The van der Waals surface area contributed by atoms with Gasteiger partial charge in [0.25, 0.3) is 0 Å². The predicted octanol–water partition coefficient (Wildman–Crippen LogP) is 10.6. The Hall–Kier alpha value is -3.93. The predicted molar refractivity (Wildman–Crippen MR) is 199 cm³/mol. The van der Waals surface area contributed by atoms with Gasteiger partial charge in [-0.3, -0.25) is 14.4 Å². The average molecular weight is 671 g/mol. The van der Waals surface area contributed by atoms with Gasteiger partial charge in [0.1, 0.15) is 16.7 Å². The maximum absolute atomic E-state index is 15.2. The van der Waals surface area contributed by atoms with E-state index < -0.39 is 50.6 Å². The Labute approximate surface area is 294 Å². The third kappa shape index (κ3) is 8.11. The molecule has 49 heavy (non-hydrogen) atoms. The molecule has 0 aliphatic heterocycles. The normalized spacial score (nSPS) is 24.8. The van der Waals surface area contributed by atoms with Crippen LogP contribution in [-0.4, -0.2) is 32.7 Å². The summed E-state index contributed by atoms with van der Waals surface area (Å²) in [6.45, 7) is 20.2. The molecular formula is C43H58O6. The molecule has 266 valence electrons. The number of fused-ring (bicyclic) bond motifs is 2. The third-order valence-corrected chi connectivity index (χ3v) is 10.8. The van der Waals surface area contributed by atoms with Gasteiger partial charge in [-0.2, -0.15) is 0 Å². The molecule has 0 aromatic heterocycles. The summed E-state index contributed by atoms with van der Waals surface area (Å²) in [5.74, 6) is -3.36. The number of phenolic OH excluding ortho intramolecular Hbond substituents is 2. The highest BCUT2D eigenvalue weighted by Gasteiger charge is 2.73. The van der Waals surface area contributed by atoms with Crippen LogP contribution in [0.2, 0.25) is 0 Å². The number of Topliss-reactive ketones (excluding diaryl/α,β-unsaturated/α-hetero) is 3. The van der Waals surface area contributed by atoms with E-state index in [0.717, 1.165) is 42.9 Å². The van der Waals surface area contributed by atoms with E-state index in [0.29, 0.717) is 6.42 Å². The molecule has 3 N–H and O–H groups in total. The minimum Gasteiger partial charge on any atom is -0.506 e. The monoisotopic (exact) mass is 670 g/mol. The maximum atomic E-state index is 15.2. The second-order valence-electron chi connectivity index (χ2n) is 15.7. The Morgan fingerprint density at radius 1 is 0.735 bits per heavy atom. The molecule has 2 aliphatic carbocycles. The molecule has 3 rings (SSSR count). The summed E-state index contributed by atoms with van der Waals surface area (Å²) in [5, 5.41) is 31.9. The highest BCUT2D eigenvalue weighted by molar-refractivity contribution is 6.41. The van der Waals surface area contributed by atoms with Crippen LogP contribution in [0.5, 0.6) is 11.5 Å². The van der Waals surface area contributed by atoms with Crippen LogP contribution in [0, 0.1) is 22.2 Å². The number of ketones is 3. The number of allylic oxidation sites excluding steroid dienone is 11. The summed E-state index contributed by atoms with van der Waals surface area (Å²) in [6.07, 6.45) is 15.0. The first-order valence-electron chi connectivity index (χ1n) is 17.6. The van der Waals surface area contributed by atoms with Crippen molar-refractivity contribution in [1.82, 2.24) is 0 Å². The lowest BCUT2D eigenvalue weighted by Crippen LogP contribution is -2.69. The molecule has 2 bridgehead atoms. The molecule has 1 aromatic rings. The zero-order valence-corrected chi connectivity index (χ0v) is 31.4. The quantitative estimate of drug-likeness (QED) is 0.0481. The highest BCUT2D eigenvalue weighted by atomic mass is 16.3. The number of phenols is 2. The molecule has 0 spiro atoms. The molecule has 6 nitrogen and oxygen atoms in total. The van der Waals surface area contributed by atoms with Crippen LogP contribution in [0.15, 0.2) is 82.0 Å². The molecular weight excluding hydrogens is 612 g/mol. The first-order valence-corrected chi connectivity index (χ1v) is 17.6. The number of carbonyl (C=O) groups is 3. The van der Waals surface area contributed by atoms with Crippen LogP contribution in [0.4, 0.5) is 0 Å². The van der Waals surface area contributed by atoms with Crippen LogP contribution in [0.3, 0.4) is 0 Å². The zero-order chi connectivity index (χ0) is 36.9. The fourth-order valence-corrected chi connectivity index (χ4v) is 7.52. The lowest BCUT2D eigenvalue weighted by Gasteiger charge is -2.60. The Morgan fingerprint density at radius 2 is 1.29 bits per heavy atom. The molecule has 0 unspecified atom stereocenters. The van der Waals surface area contributed by atoms with Crippen LogP contribution in [-0.2, 0) is 14.4 Å². The highest BCUT2D eigenvalue weighted by Crippen LogP contribution is 2.65. The molecule has 1 aromatic carbocycles. The SMILES string of the molecule is CC(C)=CCC/C(C)=C/C[C@@H]1C[C@@]2(C/C=C(\C)CCC=C(C)C)C(=O)/C(=C(\O)c3ccc(O)c(O)c3)C(=O)[C@](CC=C(C)C)(C2=O)C1(C)C. The summed E-state index contributed by atoms with van der Waals surface area (Å²) in [6, 6.07) is 3.68. The van der Waals surface area contributed by atoms with Crippen LogP contribution >= 0.6 is 0 Å². The number of aliphatic hydroxyl groups is 1. The molecule has 0 radical (unpaired) electrons. The van der Waals surface area contributed by atoms with Crippen molar-refractivity contribution in [3.8, 4) is 11.5 Å². The number of aromatic hydroxyl groups is 2. The first-order chi connectivity index (χ1) is 22.8. The van der Waals surface area contributed by atoms with Gasteiger partial charge in [0.15, 0.2) is 28.8 Å². The molecule has 0 heterocycles. The van der Waals surface area contributed by atoms with E-state index in [-0.39, 0.29) is 36.5 Å². The van der Waals surface area contributed by atoms with Crippen molar-refractivity contribution in [2.75, 3.05) is 0 Å². The van der Waals surface area contributed by atoms with Gasteiger partial charge in [0, 0.05) is 5.56 Å². The molecule has 2 fully saturated rings. The largest absolute Gasteiger partial charge is 0.506 e. The van der Waals surface area contributed by atoms with E-state index in [1.165, 1.54) is 28.9 Å². The minimum absolute atomic E-state index is 0.0182. The van der Waals surface area contributed by atoms with E-state index in [1.54, 1.807) is 0 Å². The van der Waals surface area contributed by atoms with E-state index >= 15 is 9.59 Å². The molecule has 0 saturated heterocycles. The summed E-state index contributed by atoms with van der Waals surface area (Å²) < 4.78 is 0. The lowest BCUT2D eigenvalue weighted by atomic mass is 9.38. The van der Waals surface area contributed by atoms with E-state index in [9.17, 15) is 20.1 Å². The van der Waals surface area contributed by atoms with Gasteiger partial charge in [0.2, 0.25) is 0 Å². The summed E-state index contributed by atoms with van der Waals surface area (Å²) >= 11 is 0. The number of carbonyl (C=O) groups excluding carboxylic acids is 3. The van der Waals surface area contributed by atoms with Crippen molar-refractivity contribution in [1.29, 1.82) is 0 Å². The standard InChI is InChI=1S/C43H58O6/c1-27(2)13-11-15-30(7)17-19-33-26-42(23-22-31(8)16-12-14-28(3)4)38(47)36(37(46)32-18-20-34(44)35(45)25-32)39(48)43(40(42)49,41(33,9)10)24-21-29(5)6/h13-14,17-18,20-22,25,33,44-46H,11-12,15-16,19,23-24,26H2,1-10H3/b30-17+,31-22+,37-36+/t33-,42+,43-/m1/s1. The van der Waals surface area contributed by atoms with E-state index in [4.69, 9.17) is 0 Å². The van der Waals surface area contributed by atoms with Crippen LogP contribution in [0.25, 0.3) is 5.76 Å². The van der Waals surface area contributed by atoms with E-state index in [1.807, 2.05) is 46.8 Å². The molecule has 0 amide bonds. The van der Waals surface area contributed by atoms with Gasteiger partial charge >= 0.3 is 0 Å². The second-order valence-corrected chi connectivity index (χ2v) is 15.7. The van der Waals surface area contributed by atoms with Crippen LogP contribution < -0.4 is 0 Å². The van der Waals surface area contributed by atoms with Crippen molar-refractivity contribution in [3.63, 3.8) is 0 Å². The lowest BCUT2D eigenvalue weighted by molar-refractivity contribution is -0.176. The Bertz CT molecular complexity index is 1650. The van der Waals surface area contributed by atoms with Crippen LogP contribution in [0.1, 0.15) is 126 Å². The van der Waals surface area contributed by atoms with Gasteiger partial charge < -0.3 is 15.3 Å².